The summed E-state index contributed by atoms with van der Waals surface area (Å²) in [5.41, 5.74) is 3.38. The highest BCUT2D eigenvalue weighted by Crippen LogP contribution is 2.17. The Morgan fingerprint density at radius 2 is 1.48 bits per heavy atom. The van der Waals surface area contributed by atoms with E-state index < -0.39 is 0 Å². The number of nitrogens with zero attached hydrogens (tertiary/aromatic N) is 3. The highest BCUT2D eigenvalue weighted by Gasteiger charge is 2.10. The SMILES string of the molecule is CCCCCCCN(CCCCCCC)Cc1cccc2[nH]nnc12. The van der Waals surface area contributed by atoms with Crippen molar-refractivity contribution in [2.45, 2.75) is 84.6 Å². The van der Waals surface area contributed by atoms with Gasteiger partial charge < -0.3 is 0 Å². The first-order valence-electron chi connectivity index (χ1n) is 10.4. The molecule has 1 N–H and O–H groups in total. The Kier molecular flexibility index (Phi) is 9.57. The van der Waals surface area contributed by atoms with Crippen LogP contribution < -0.4 is 0 Å². The molecule has 2 rings (SSSR count). The zero-order valence-corrected chi connectivity index (χ0v) is 16.3. The van der Waals surface area contributed by atoms with Crippen molar-refractivity contribution >= 4 is 11.0 Å². The average Bonchev–Trinajstić information content (AvgIpc) is 3.11. The lowest BCUT2D eigenvalue weighted by Gasteiger charge is -2.22. The highest BCUT2D eigenvalue weighted by atomic mass is 15.3. The van der Waals surface area contributed by atoms with E-state index >= 15 is 0 Å². The minimum atomic E-state index is 0.991. The van der Waals surface area contributed by atoms with E-state index in [1.54, 1.807) is 0 Å². The lowest BCUT2D eigenvalue weighted by Crippen LogP contribution is -2.26. The van der Waals surface area contributed by atoms with Gasteiger partial charge in [0.2, 0.25) is 0 Å². The minimum absolute atomic E-state index is 0.991. The lowest BCUT2D eigenvalue weighted by atomic mass is 10.1. The van der Waals surface area contributed by atoms with Crippen LogP contribution in [0.1, 0.15) is 83.6 Å². The molecular weight excluding hydrogens is 308 g/mol. The van der Waals surface area contributed by atoms with Crippen LogP contribution in [0.2, 0.25) is 0 Å². The van der Waals surface area contributed by atoms with Gasteiger partial charge in [0.1, 0.15) is 5.52 Å². The molecule has 0 fully saturated rings. The summed E-state index contributed by atoms with van der Waals surface area (Å²) in [6.07, 6.45) is 13.4. The van der Waals surface area contributed by atoms with Gasteiger partial charge in [0, 0.05) is 6.54 Å². The Bertz CT molecular complexity index is 564. The first-order valence-corrected chi connectivity index (χ1v) is 10.4. The fourth-order valence-electron chi connectivity index (χ4n) is 3.44. The van der Waals surface area contributed by atoms with Crippen LogP contribution in [0.4, 0.5) is 0 Å². The Morgan fingerprint density at radius 1 is 0.840 bits per heavy atom. The van der Waals surface area contributed by atoms with Crippen molar-refractivity contribution in [2.75, 3.05) is 13.1 Å². The van der Waals surface area contributed by atoms with Crippen LogP contribution in [0.25, 0.3) is 11.0 Å². The Morgan fingerprint density at radius 3 is 2.12 bits per heavy atom. The van der Waals surface area contributed by atoms with Gasteiger partial charge in [-0.25, -0.2) is 0 Å². The van der Waals surface area contributed by atoms with Gasteiger partial charge in [-0.2, -0.15) is 0 Å². The van der Waals surface area contributed by atoms with Crippen molar-refractivity contribution in [2.24, 2.45) is 0 Å². The molecule has 25 heavy (non-hydrogen) atoms. The van der Waals surface area contributed by atoms with E-state index in [0.717, 1.165) is 17.6 Å². The molecule has 4 nitrogen and oxygen atoms in total. The second-order valence-corrected chi connectivity index (χ2v) is 7.23. The molecule has 0 amide bonds. The topological polar surface area (TPSA) is 44.8 Å². The summed E-state index contributed by atoms with van der Waals surface area (Å²) in [5, 5.41) is 11.2. The number of H-pyrrole nitrogens is 1. The number of rotatable bonds is 14. The molecule has 140 valence electrons. The van der Waals surface area contributed by atoms with Crippen molar-refractivity contribution in [3.8, 4) is 0 Å². The van der Waals surface area contributed by atoms with Gasteiger partial charge in [0.15, 0.2) is 0 Å². The Labute approximate surface area is 153 Å². The van der Waals surface area contributed by atoms with E-state index in [-0.39, 0.29) is 0 Å². The third-order valence-corrected chi connectivity index (χ3v) is 4.99. The predicted octanol–water partition coefficient (Wildman–Crippen LogP) is 5.70. The molecule has 0 bridgehead atoms. The monoisotopic (exact) mass is 344 g/mol. The van der Waals surface area contributed by atoms with Crippen LogP contribution in [-0.2, 0) is 6.54 Å². The minimum Gasteiger partial charge on any atom is -0.299 e. The lowest BCUT2D eigenvalue weighted by molar-refractivity contribution is 0.253. The number of aromatic nitrogens is 3. The van der Waals surface area contributed by atoms with E-state index in [4.69, 9.17) is 0 Å². The largest absolute Gasteiger partial charge is 0.299 e. The second-order valence-electron chi connectivity index (χ2n) is 7.23. The number of hydrogen-bond donors (Lipinski definition) is 1. The van der Waals surface area contributed by atoms with Crippen LogP contribution in [-0.4, -0.2) is 33.4 Å². The van der Waals surface area contributed by atoms with Crippen LogP contribution >= 0.6 is 0 Å². The number of fused-ring (bicyclic) bond motifs is 1. The first kappa shape index (κ1) is 19.9. The molecule has 0 aliphatic carbocycles. The fraction of sp³-hybridized carbons (Fsp3) is 0.714. The van der Waals surface area contributed by atoms with E-state index in [1.165, 1.54) is 82.9 Å². The molecule has 0 saturated carbocycles. The molecule has 2 aromatic rings. The van der Waals surface area contributed by atoms with E-state index in [2.05, 4.69) is 52.4 Å². The average molecular weight is 345 g/mol. The molecule has 1 aromatic heterocycles. The van der Waals surface area contributed by atoms with Gasteiger partial charge >= 0.3 is 0 Å². The smallest absolute Gasteiger partial charge is 0.117 e. The second kappa shape index (κ2) is 12.0. The Hall–Kier alpha value is -1.42. The molecule has 0 radical (unpaired) electrons. The quantitative estimate of drug-likeness (QED) is 0.447. The predicted molar refractivity (Wildman–Crippen MR) is 107 cm³/mol. The molecule has 1 heterocycles. The summed E-state index contributed by atoms with van der Waals surface area (Å²) in [6.45, 7) is 7.95. The van der Waals surface area contributed by atoms with E-state index in [9.17, 15) is 0 Å². The summed E-state index contributed by atoms with van der Waals surface area (Å²) in [5.74, 6) is 0. The maximum Gasteiger partial charge on any atom is 0.117 e. The molecule has 0 unspecified atom stereocenters. The van der Waals surface area contributed by atoms with Gasteiger partial charge in [-0.3, -0.25) is 10.00 Å². The number of unbranched alkanes of at least 4 members (excludes halogenated alkanes) is 8. The molecule has 0 aliphatic heterocycles. The standard InChI is InChI=1S/C21H36N4/c1-3-5-7-9-11-16-25(17-12-10-8-6-4-2)18-19-14-13-15-20-21(19)23-24-22-20/h13-15H,3-12,16-18H2,1-2H3,(H,22,23,24). The van der Waals surface area contributed by atoms with E-state index in [1.807, 2.05) is 0 Å². The maximum atomic E-state index is 4.28. The highest BCUT2D eigenvalue weighted by molar-refractivity contribution is 5.77. The third-order valence-electron chi connectivity index (χ3n) is 4.99. The summed E-state index contributed by atoms with van der Waals surface area (Å²) in [4.78, 5) is 2.63. The van der Waals surface area contributed by atoms with Crippen molar-refractivity contribution in [1.82, 2.24) is 20.3 Å². The van der Waals surface area contributed by atoms with Crippen LogP contribution in [0, 0.1) is 0 Å². The summed E-state index contributed by atoms with van der Waals surface area (Å²) >= 11 is 0. The van der Waals surface area contributed by atoms with Crippen molar-refractivity contribution in [3.05, 3.63) is 23.8 Å². The molecular formula is C21H36N4. The summed E-state index contributed by atoms with van der Waals surface area (Å²) in [6, 6.07) is 6.36. The molecule has 0 spiro atoms. The summed E-state index contributed by atoms with van der Waals surface area (Å²) < 4.78 is 0. The van der Waals surface area contributed by atoms with Crippen LogP contribution in [0.5, 0.6) is 0 Å². The number of hydrogen-bond acceptors (Lipinski definition) is 3. The van der Waals surface area contributed by atoms with Crippen LogP contribution in [0.3, 0.4) is 0 Å². The van der Waals surface area contributed by atoms with Crippen molar-refractivity contribution in [3.63, 3.8) is 0 Å². The fourth-order valence-corrected chi connectivity index (χ4v) is 3.44. The zero-order chi connectivity index (χ0) is 17.7. The molecule has 1 aromatic carbocycles. The van der Waals surface area contributed by atoms with Gasteiger partial charge in [-0.1, -0.05) is 82.6 Å². The van der Waals surface area contributed by atoms with Gasteiger partial charge in [-0.15, -0.1) is 5.10 Å². The first-order chi connectivity index (χ1) is 12.3. The Balaban J connectivity index is 1.87. The summed E-state index contributed by atoms with van der Waals surface area (Å²) in [7, 11) is 0. The van der Waals surface area contributed by atoms with Gasteiger partial charge in [0.25, 0.3) is 0 Å². The third kappa shape index (κ3) is 7.15. The normalized spacial score (nSPS) is 11.6. The number of nitrogens with one attached hydrogen (secondary N) is 1. The molecule has 0 saturated heterocycles. The van der Waals surface area contributed by atoms with Crippen molar-refractivity contribution in [1.29, 1.82) is 0 Å². The molecule has 0 aliphatic rings. The van der Waals surface area contributed by atoms with Gasteiger partial charge in [-0.05, 0) is 37.6 Å². The molecule has 0 atom stereocenters. The van der Waals surface area contributed by atoms with Crippen LogP contribution in [0.15, 0.2) is 18.2 Å². The number of aromatic amines is 1. The molecule has 4 heteroatoms. The number of benzene rings is 1. The van der Waals surface area contributed by atoms with E-state index in [0.29, 0.717) is 0 Å². The zero-order valence-electron chi connectivity index (χ0n) is 16.3. The van der Waals surface area contributed by atoms with Gasteiger partial charge in [0.05, 0.1) is 5.52 Å². The maximum absolute atomic E-state index is 4.28. The van der Waals surface area contributed by atoms with Crippen molar-refractivity contribution < 1.29 is 0 Å².